The molecular weight excluding hydrogens is 469 g/mol. The molecule has 1 heterocycles. The van der Waals surface area contributed by atoms with Crippen molar-refractivity contribution in [2.24, 2.45) is 10.9 Å². The van der Waals surface area contributed by atoms with Crippen LogP contribution in [0.3, 0.4) is 0 Å². The van der Waals surface area contributed by atoms with E-state index in [1.165, 1.54) is 19.3 Å². The van der Waals surface area contributed by atoms with Crippen LogP contribution in [0.15, 0.2) is 4.99 Å². The summed E-state index contributed by atoms with van der Waals surface area (Å²) in [4.78, 5) is 32.6. The number of carbonyl (C=O) groups is 2. The highest BCUT2D eigenvalue weighted by Gasteiger charge is 2.31. The van der Waals surface area contributed by atoms with E-state index in [0.29, 0.717) is 11.9 Å². The zero-order valence-electron chi connectivity index (χ0n) is 17.7. The molecule has 8 heteroatoms. The van der Waals surface area contributed by atoms with Crippen LogP contribution in [-0.4, -0.2) is 73.9 Å². The van der Waals surface area contributed by atoms with E-state index in [1.54, 1.807) is 19.0 Å². The molecule has 0 aromatic carbocycles. The third-order valence-corrected chi connectivity index (χ3v) is 5.49. The molecule has 0 radical (unpaired) electrons. The Hall–Kier alpha value is -1.06. The third kappa shape index (κ3) is 8.13. The first kappa shape index (κ1) is 25.0. The quantitative estimate of drug-likeness (QED) is 0.240. The molecule has 0 spiro atoms. The van der Waals surface area contributed by atoms with E-state index in [4.69, 9.17) is 0 Å². The number of hydrogen-bond donors (Lipinski definition) is 2. The minimum atomic E-state index is -0.0212. The molecule has 2 fully saturated rings. The number of hydrogen-bond acceptors (Lipinski definition) is 3. The maximum atomic E-state index is 12.7. The number of guanidine groups is 1. The normalized spacial score (nSPS) is 20.5. The molecule has 1 unspecified atom stereocenters. The minimum absolute atomic E-state index is 0. The van der Waals surface area contributed by atoms with Gasteiger partial charge in [-0.3, -0.25) is 9.59 Å². The van der Waals surface area contributed by atoms with Crippen molar-refractivity contribution in [3.63, 3.8) is 0 Å². The first-order chi connectivity index (χ1) is 13.0. The second-order valence-electron chi connectivity index (χ2n) is 7.98. The van der Waals surface area contributed by atoms with Crippen LogP contribution in [0, 0.1) is 5.92 Å². The summed E-state index contributed by atoms with van der Waals surface area (Å²) >= 11 is 0. The third-order valence-electron chi connectivity index (χ3n) is 5.49. The Morgan fingerprint density at radius 3 is 2.50 bits per heavy atom. The van der Waals surface area contributed by atoms with Crippen LogP contribution in [0.4, 0.5) is 0 Å². The molecule has 1 aliphatic heterocycles. The van der Waals surface area contributed by atoms with Gasteiger partial charge in [-0.25, -0.2) is 4.99 Å². The number of likely N-dealkylation sites (N-methyl/N-ethyl adjacent to an activating group) is 1. The molecule has 2 rings (SSSR count). The summed E-state index contributed by atoms with van der Waals surface area (Å²) in [6, 6.07) is 0.194. The largest absolute Gasteiger partial charge is 0.356 e. The molecule has 7 nitrogen and oxygen atoms in total. The second-order valence-corrected chi connectivity index (χ2v) is 7.98. The molecule has 2 aliphatic rings. The fourth-order valence-corrected chi connectivity index (χ4v) is 3.70. The predicted octanol–water partition coefficient (Wildman–Crippen LogP) is 2.21. The lowest BCUT2D eigenvalue weighted by molar-refractivity contribution is -0.135. The molecule has 1 aliphatic carbocycles. The SMILES string of the molecule is CCCCNC(=NCC(=O)N(C)C)NC1CCN(C(=O)C2CCCCC2)C1.I. The van der Waals surface area contributed by atoms with E-state index in [0.717, 1.165) is 51.7 Å². The van der Waals surface area contributed by atoms with Gasteiger partial charge in [0.05, 0.1) is 0 Å². The minimum Gasteiger partial charge on any atom is -0.356 e. The topological polar surface area (TPSA) is 77.0 Å². The molecule has 28 heavy (non-hydrogen) atoms. The first-order valence-corrected chi connectivity index (χ1v) is 10.5. The van der Waals surface area contributed by atoms with Gasteiger partial charge in [0.25, 0.3) is 0 Å². The Kier molecular flexibility index (Phi) is 11.8. The van der Waals surface area contributed by atoms with Gasteiger partial charge in [0.2, 0.25) is 11.8 Å². The van der Waals surface area contributed by atoms with Crippen LogP contribution in [0.2, 0.25) is 0 Å². The zero-order chi connectivity index (χ0) is 19.6. The molecule has 2 N–H and O–H groups in total. The van der Waals surface area contributed by atoms with Crippen molar-refractivity contribution < 1.29 is 9.59 Å². The molecule has 0 bridgehead atoms. The summed E-state index contributed by atoms with van der Waals surface area (Å²) in [5.41, 5.74) is 0. The standard InChI is InChI=1S/C20H37N5O2.HI/c1-4-5-12-21-20(22-14-18(26)24(2)3)23-17-11-13-25(15-17)19(27)16-9-7-6-8-10-16;/h16-17H,4-15H2,1-3H3,(H2,21,22,23);1H. The summed E-state index contributed by atoms with van der Waals surface area (Å²) in [5.74, 6) is 1.22. The number of rotatable bonds is 7. The van der Waals surface area contributed by atoms with Crippen molar-refractivity contribution in [3.05, 3.63) is 0 Å². The van der Waals surface area contributed by atoms with Gasteiger partial charge < -0.3 is 20.4 Å². The van der Waals surface area contributed by atoms with Gasteiger partial charge in [-0.2, -0.15) is 0 Å². The second kappa shape index (κ2) is 13.2. The Bertz CT molecular complexity index is 521. The van der Waals surface area contributed by atoms with Crippen molar-refractivity contribution in [2.75, 3.05) is 40.3 Å². The van der Waals surface area contributed by atoms with E-state index >= 15 is 0 Å². The van der Waals surface area contributed by atoms with Gasteiger partial charge in [0.1, 0.15) is 6.54 Å². The van der Waals surface area contributed by atoms with Gasteiger partial charge >= 0.3 is 0 Å². The van der Waals surface area contributed by atoms with E-state index in [2.05, 4.69) is 22.5 Å². The number of unbranched alkanes of at least 4 members (excludes halogenated alkanes) is 1. The molecule has 162 valence electrons. The van der Waals surface area contributed by atoms with Gasteiger partial charge in [-0.15, -0.1) is 24.0 Å². The predicted molar refractivity (Wildman–Crippen MR) is 124 cm³/mol. The van der Waals surface area contributed by atoms with Crippen LogP contribution < -0.4 is 10.6 Å². The number of halogens is 1. The number of nitrogens with one attached hydrogen (secondary N) is 2. The highest BCUT2D eigenvalue weighted by molar-refractivity contribution is 14.0. The van der Waals surface area contributed by atoms with Crippen molar-refractivity contribution >= 4 is 41.8 Å². The molecule has 1 saturated heterocycles. The summed E-state index contributed by atoms with van der Waals surface area (Å²) in [7, 11) is 3.47. The molecule has 2 amide bonds. The van der Waals surface area contributed by atoms with Gasteiger partial charge in [-0.05, 0) is 25.7 Å². The monoisotopic (exact) mass is 507 g/mol. The first-order valence-electron chi connectivity index (χ1n) is 10.5. The van der Waals surface area contributed by atoms with Gasteiger partial charge in [-0.1, -0.05) is 32.6 Å². The van der Waals surface area contributed by atoms with Crippen LogP contribution in [-0.2, 0) is 9.59 Å². The molecule has 1 saturated carbocycles. The summed E-state index contributed by atoms with van der Waals surface area (Å²) in [6.07, 6.45) is 8.81. The van der Waals surface area contributed by atoms with Gasteiger partial charge in [0.15, 0.2) is 5.96 Å². The lowest BCUT2D eigenvalue weighted by Crippen LogP contribution is -2.46. The van der Waals surface area contributed by atoms with E-state index < -0.39 is 0 Å². The van der Waals surface area contributed by atoms with Crippen LogP contribution in [0.1, 0.15) is 58.3 Å². The van der Waals surface area contributed by atoms with E-state index in [9.17, 15) is 9.59 Å². The fraction of sp³-hybridized carbons (Fsp3) is 0.850. The maximum Gasteiger partial charge on any atom is 0.243 e. The Labute approximate surface area is 187 Å². The average Bonchev–Trinajstić information content (AvgIpc) is 3.14. The lowest BCUT2D eigenvalue weighted by atomic mass is 9.88. The molecule has 1 atom stereocenters. The summed E-state index contributed by atoms with van der Waals surface area (Å²) in [6.45, 7) is 4.65. The number of nitrogens with zero attached hydrogens (tertiary/aromatic N) is 3. The van der Waals surface area contributed by atoms with E-state index in [-0.39, 0.29) is 48.4 Å². The van der Waals surface area contributed by atoms with Crippen LogP contribution in [0.5, 0.6) is 0 Å². The average molecular weight is 507 g/mol. The summed E-state index contributed by atoms with van der Waals surface area (Å²) in [5, 5.41) is 6.75. The highest BCUT2D eigenvalue weighted by atomic mass is 127. The van der Waals surface area contributed by atoms with Crippen molar-refractivity contribution in [1.29, 1.82) is 0 Å². The zero-order valence-corrected chi connectivity index (χ0v) is 20.0. The molecule has 0 aromatic rings. The Balaban J connectivity index is 0.00000392. The van der Waals surface area contributed by atoms with Crippen molar-refractivity contribution in [2.45, 2.75) is 64.3 Å². The Morgan fingerprint density at radius 2 is 1.86 bits per heavy atom. The van der Waals surface area contributed by atoms with Gasteiger partial charge in [0, 0.05) is 45.7 Å². The van der Waals surface area contributed by atoms with Crippen molar-refractivity contribution in [1.82, 2.24) is 20.4 Å². The van der Waals surface area contributed by atoms with E-state index in [1.807, 2.05) is 4.90 Å². The fourth-order valence-electron chi connectivity index (χ4n) is 3.70. The molecule has 0 aromatic heterocycles. The number of aliphatic imine (C=N–C) groups is 1. The lowest BCUT2D eigenvalue weighted by Gasteiger charge is -2.26. The smallest absolute Gasteiger partial charge is 0.243 e. The number of amides is 2. The van der Waals surface area contributed by atoms with Crippen LogP contribution in [0.25, 0.3) is 0 Å². The maximum absolute atomic E-state index is 12.7. The number of carbonyl (C=O) groups excluding carboxylic acids is 2. The van der Waals surface area contributed by atoms with Crippen LogP contribution >= 0.6 is 24.0 Å². The highest BCUT2D eigenvalue weighted by Crippen LogP contribution is 2.26. The Morgan fingerprint density at radius 1 is 1.14 bits per heavy atom. The number of likely N-dealkylation sites (tertiary alicyclic amines) is 1. The summed E-state index contributed by atoms with van der Waals surface area (Å²) < 4.78 is 0. The van der Waals surface area contributed by atoms with Crippen molar-refractivity contribution in [3.8, 4) is 0 Å². The molecular formula is C20H38IN5O2.